The summed E-state index contributed by atoms with van der Waals surface area (Å²) in [7, 11) is 0. The lowest BCUT2D eigenvalue weighted by molar-refractivity contribution is -0.379. The first-order valence-electron chi connectivity index (χ1n) is 41.3. The lowest BCUT2D eigenvalue weighted by Crippen LogP contribution is -2.66. The number of rotatable bonds is 64. The second-order valence-electron chi connectivity index (χ2n) is 28.8. The van der Waals surface area contributed by atoms with Gasteiger partial charge >= 0.3 is 0 Å². The smallest absolute Gasteiger partial charge is 0.220 e. The van der Waals surface area contributed by atoms with Crippen molar-refractivity contribution in [1.82, 2.24) is 5.32 Å². The molecule has 3 aliphatic heterocycles. The van der Waals surface area contributed by atoms with Gasteiger partial charge in [0.25, 0.3) is 0 Å². The first-order chi connectivity index (χ1) is 51.3. The molecule has 0 aromatic rings. The van der Waals surface area contributed by atoms with Crippen molar-refractivity contribution in [2.75, 3.05) is 26.4 Å². The van der Waals surface area contributed by atoms with Crippen LogP contribution in [-0.4, -0.2) is 193 Å². The zero-order valence-corrected chi connectivity index (χ0v) is 64.7. The summed E-state index contributed by atoms with van der Waals surface area (Å²) in [6, 6.07) is -1.01. The Hall–Kier alpha value is -3.81. The molecule has 12 N–H and O–H groups in total. The SMILES string of the molecule is CC/C=C\C/C=C\C/C=C\C/C=C\C/C=C\C/C=C\C/C=C\CCCCCCCCCCCC(=O)NC(COC1OC(CO)C(OC2OC(CO)C(OC3OC(CO)C(O)C(O)C3O)C(O)C2O)C(O)C1O)C(O)/C=C/CC/C=C/CC/C=C/CCCCCCCCCCCCCCCCCCCCC. The van der Waals surface area contributed by atoms with Gasteiger partial charge in [-0.15, -0.1) is 0 Å². The van der Waals surface area contributed by atoms with Crippen molar-refractivity contribution in [3.05, 3.63) is 122 Å². The van der Waals surface area contributed by atoms with Crippen LogP contribution in [0.2, 0.25) is 0 Å². The second kappa shape index (κ2) is 65.0. The highest BCUT2D eigenvalue weighted by Gasteiger charge is 2.54. The summed E-state index contributed by atoms with van der Waals surface area (Å²) in [5.41, 5.74) is 0. The van der Waals surface area contributed by atoms with Crippen LogP contribution in [0.1, 0.15) is 284 Å². The van der Waals surface area contributed by atoms with Crippen molar-refractivity contribution >= 4 is 5.91 Å². The van der Waals surface area contributed by atoms with Crippen molar-refractivity contribution < 1.29 is 89.4 Å². The van der Waals surface area contributed by atoms with E-state index in [-0.39, 0.29) is 18.9 Å². The highest BCUT2D eigenvalue weighted by atomic mass is 16.8. The van der Waals surface area contributed by atoms with E-state index < -0.39 is 124 Å². The number of amides is 1. The van der Waals surface area contributed by atoms with Crippen LogP contribution in [0.4, 0.5) is 0 Å². The molecule has 0 saturated carbocycles. The molecular weight excluding hydrogens is 1330 g/mol. The number of ether oxygens (including phenoxy) is 6. The van der Waals surface area contributed by atoms with Crippen LogP contribution in [0.3, 0.4) is 0 Å². The van der Waals surface area contributed by atoms with Gasteiger partial charge in [-0.3, -0.25) is 4.79 Å². The summed E-state index contributed by atoms with van der Waals surface area (Å²) >= 11 is 0. The molecular formula is C86H147NO18. The van der Waals surface area contributed by atoms with Crippen molar-refractivity contribution in [1.29, 1.82) is 0 Å². The Labute approximate surface area is 633 Å². The number of aliphatic hydroxyl groups is 11. The van der Waals surface area contributed by atoms with Gasteiger partial charge in [0.2, 0.25) is 5.91 Å². The zero-order chi connectivity index (χ0) is 76.0. The van der Waals surface area contributed by atoms with E-state index in [1.807, 2.05) is 6.08 Å². The predicted molar refractivity (Wildman–Crippen MR) is 420 cm³/mol. The molecule has 105 heavy (non-hydrogen) atoms. The van der Waals surface area contributed by atoms with Gasteiger partial charge in [-0.2, -0.15) is 0 Å². The molecule has 3 aliphatic rings. The largest absolute Gasteiger partial charge is 0.394 e. The summed E-state index contributed by atoms with van der Waals surface area (Å²) in [4.78, 5) is 13.5. The van der Waals surface area contributed by atoms with E-state index in [2.05, 4.69) is 129 Å². The Morgan fingerprint density at radius 1 is 0.352 bits per heavy atom. The van der Waals surface area contributed by atoms with Crippen LogP contribution in [0.5, 0.6) is 0 Å². The minimum Gasteiger partial charge on any atom is -0.394 e. The third-order valence-corrected chi connectivity index (χ3v) is 19.7. The van der Waals surface area contributed by atoms with Crippen molar-refractivity contribution in [3.8, 4) is 0 Å². The van der Waals surface area contributed by atoms with E-state index >= 15 is 0 Å². The third kappa shape index (κ3) is 44.6. The second-order valence-corrected chi connectivity index (χ2v) is 28.8. The predicted octanol–water partition coefficient (Wildman–Crippen LogP) is 14.3. The maximum atomic E-state index is 13.5. The summed E-state index contributed by atoms with van der Waals surface area (Å²) in [5, 5.41) is 121. The number of aliphatic hydroxyl groups excluding tert-OH is 11. The molecule has 604 valence electrons. The fourth-order valence-electron chi connectivity index (χ4n) is 13.1. The number of hydrogen-bond acceptors (Lipinski definition) is 18. The van der Waals surface area contributed by atoms with Crippen molar-refractivity contribution in [2.24, 2.45) is 0 Å². The number of nitrogens with one attached hydrogen (secondary N) is 1. The fraction of sp³-hybridized carbons (Fsp3) is 0.756. The van der Waals surface area contributed by atoms with E-state index in [1.165, 1.54) is 148 Å². The lowest BCUT2D eigenvalue weighted by Gasteiger charge is -2.48. The Balaban J connectivity index is 1.40. The van der Waals surface area contributed by atoms with Gasteiger partial charge < -0.3 is 89.9 Å². The summed E-state index contributed by atoms with van der Waals surface area (Å²) in [6.45, 7) is 1.61. The van der Waals surface area contributed by atoms with Crippen LogP contribution in [0.15, 0.2) is 122 Å². The molecule has 0 aromatic carbocycles. The molecule has 1 amide bonds. The van der Waals surface area contributed by atoms with E-state index in [9.17, 15) is 61.0 Å². The lowest BCUT2D eigenvalue weighted by atomic mass is 9.96. The fourth-order valence-corrected chi connectivity index (χ4v) is 13.1. The van der Waals surface area contributed by atoms with Gasteiger partial charge in [-0.1, -0.05) is 296 Å². The number of allylic oxidation sites excluding steroid dienone is 19. The average molecular weight is 1480 g/mol. The highest BCUT2D eigenvalue weighted by molar-refractivity contribution is 5.76. The van der Waals surface area contributed by atoms with E-state index in [0.717, 1.165) is 103 Å². The maximum Gasteiger partial charge on any atom is 0.220 e. The van der Waals surface area contributed by atoms with Gasteiger partial charge in [0.15, 0.2) is 18.9 Å². The first kappa shape index (κ1) is 95.4. The Bertz CT molecular complexity index is 2370. The van der Waals surface area contributed by atoms with Crippen molar-refractivity contribution in [3.63, 3.8) is 0 Å². The third-order valence-electron chi connectivity index (χ3n) is 19.7. The van der Waals surface area contributed by atoms with Crippen LogP contribution < -0.4 is 5.32 Å². The molecule has 3 fully saturated rings. The molecule has 3 saturated heterocycles. The Morgan fingerprint density at radius 3 is 1.07 bits per heavy atom. The summed E-state index contributed by atoms with van der Waals surface area (Å²) in [6.07, 6.45) is 64.7. The molecule has 17 unspecified atom stereocenters. The Morgan fingerprint density at radius 2 is 0.667 bits per heavy atom. The number of carbonyl (C=O) groups is 1. The van der Waals surface area contributed by atoms with E-state index in [0.29, 0.717) is 12.8 Å². The summed E-state index contributed by atoms with van der Waals surface area (Å²) < 4.78 is 34.4. The molecule has 0 radical (unpaired) electrons. The van der Waals surface area contributed by atoms with Crippen LogP contribution in [0, 0.1) is 0 Å². The van der Waals surface area contributed by atoms with E-state index in [4.69, 9.17) is 28.4 Å². The van der Waals surface area contributed by atoms with Gasteiger partial charge in [-0.25, -0.2) is 0 Å². The monoisotopic (exact) mass is 1480 g/mol. The van der Waals surface area contributed by atoms with Crippen LogP contribution in [0.25, 0.3) is 0 Å². The minimum atomic E-state index is -1.99. The number of unbranched alkanes of at least 4 members (excludes halogenated alkanes) is 30. The molecule has 3 rings (SSSR count). The standard InChI is InChI=1S/C86H147NO18/c1-3-5-7-9-11-13-15-17-19-21-23-25-27-29-31-33-34-36-38-40-42-44-46-48-50-52-54-56-58-60-62-64-74(92)87-69(70(91)63-61-59-57-55-53-51-49-47-45-43-41-39-37-35-32-30-28-26-24-22-20-18-16-14-12-10-8-6-4-2)68-100-84-80(98)77(95)82(72(66-89)102-84)105-86-81(99)78(96)83(73(67-90)103-86)104-85-79(97)76(94)75(93)71(65-88)101-85/h5,7,11,13,17,19,23,25,29,31,34,36,40,42,45,47,53,55,61,63,69-73,75-86,88-91,93-99H,3-4,6,8-10,12,14-16,18,20-22,24,26-28,30,32-33,35,37-39,41,43-44,46,48-52,54,56-60,62,64-68H2,1-2H3,(H,87,92)/b7-5-,13-11-,19-17-,25-23-,31-29-,36-34-,42-40-,47-45+,55-53+,63-61+. The topological polar surface area (TPSA) is 307 Å². The van der Waals surface area contributed by atoms with Crippen LogP contribution >= 0.6 is 0 Å². The average Bonchev–Trinajstić information content (AvgIpc) is 0.781. The normalized spacial score (nSPS) is 26.4. The maximum absolute atomic E-state index is 13.5. The molecule has 0 spiro atoms. The van der Waals surface area contributed by atoms with Gasteiger partial charge in [-0.05, 0) is 103 Å². The molecule has 0 aliphatic carbocycles. The van der Waals surface area contributed by atoms with Gasteiger partial charge in [0.1, 0.15) is 73.2 Å². The van der Waals surface area contributed by atoms with Gasteiger partial charge in [0.05, 0.1) is 38.6 Å². The Kier molecular flexibility index (Phi) is 59.0. The zero-order valence-electron chi connectivity index (χ0n) is 64.7. The quantitative estimate of drug-likeness (QED) is 0.0199. The van der Waals surface area contributed by atoms with Crippen molar-refractivity contribution in [2.45, 2.75) is 388 Å². The summed E-state index contributed by atoms with van der Waals surface area (Å²) in [5.74, 6) is -0.299. The number of hydrogen-bond donors (Lipinski definition) is 12. The van der Waals surface area contributed by atoms with Gasteiger partial charge in [0, 0.05) is 6.42 Å². The highest BCUT2D eigenvalue weighted by Crippen LogP contribution is 2.33. The minimum absolute atomic E-state index is 0.217. The molecule has 17 atom stereocenters. The molecule has 3 heterocycles. The number of carbonyl (C=O) groups excluding carboxylic acids is 1. The molecule has 19 heteroatoms. The van der Waals surface area contributed by atoms with E-state index in [1.54, 1.807) is 6.08 Å². The molecule has 19 nitrogen and oxygen atoms in total. The van der Waals surface area contributed by atoms with Crippen LogP contribution in [-0.2, 0) is 33.2 Å². The molecule has 0 bridgehead atoms. The molecule has 0 aromatic heterocycles. The first-order valence-corrected chi connectivity index (χ1v) is 41.3.